The largest absolute Gasteiger partial charge is 0.494 e. The number of hydrogen-bond donors (Lipinski definition) is 0. The van der Waals surface area contributed by atoms with E-state index in [2.05, 4.69) is 4.98 Å². The Hall–Kier alpha value is -2.37. The zero-order chi connectivity index (χ0) is 14.8. The minimum absolute atomic E-state index is 0.155. The van der Waals surface area contributed by atoms with Gasteiger partial charge in [-0.3, -0.25) is 9.78 Å². The van der Waals surface area contributed by atoms with E-state index in [1.54, 1.807) is 0 Å². The lowest BCUT2D eigenvalue weighted by molar-refractivity contribution is -0.137. The summed E-state index contributed by atoms with van der Waals surface area (Å²) in [5.74, 6) is -0.143. The molecule has 0 aliphatic heterocycles. The van der Waals surface area contributed by atoms with E-state index in [1.165, 1.54) is 25.6 Å². The molecule has 0 N–H and O–H groups in total. The molecule has 0 saturated carbocycles. The second-order valence-corrected chi connectivity index (χ2v) is 3.98. The van der Waals surface area contributed by atoms with Crippen molar-refractivity contribution < 1.29 is 22.7 Å². The highest BCUT2D eigenvalue weighted by molar-refractivity contribution is 6.10. The third-order valence-corrected chi connectivity index (χ3v) is 2.72. The molecule has 0 fully saturated rings. The predicted octanol–water partition coefficient (Wildman–Crippen LogP) is 3.34. The third kappa shape index (κ3) is 2.79. The molecule has 0 bridgehead atoms. The van der Waals surface area contributed by atoms with E-state index in [4.69, 9.17) is 4.74 Å². The van der Waals surface area contributed by atoms with Gasteiger partial charge in [-0.15, -0.1) is 0 Å². The van der Waals surface area contributed by atoms with Crippen LogP contribution < -0.4 is 4.74 Å². The van der Waals surface area contributed by atoms with Crippen LogP contribution in [-0.4, -0.2) is 17.9 Å². The van der Waals surface area contributed by atoms with Crippen LogP contribution >= 0.6 is 0 Å². The molecule has 0 spiro atoms. The van der Waals surface area contributed by atoms with Crippen molar-refractivity contribution in [1.29, 1.82) is 0 Å². The summed E-state index contributed by atoms with van der Waals surface area (Å²) in [6.45, 7) is 0. The van der Waals surface area contributed by atoms with E-state index in [0.29, 0.717) is 0 Å². The Morgan fingerprint density at radius 2 is 1.80 bits per heavy atom. The highest BCUT2D eigenvalue weighted by Gasteiger charge is 2.30. The van der Waals surface area contributed by atoms with E-state index in [9.17, 15) is 18.0 Å². The molecule has 0 saturated heterocycles. The summed E-state index contributed by atoms with van der Waals surface area (Å²) < 4.78 is 42.4. The summed E-state index contributed by atoms with van der Waals surface area (Å²) in [6.07, 6.45) is -1.63. The van der Waals surface area contributed by atoms with Gasteiger partial charge < -0.3 is 4.74 Å². The number of pyridine rings is 1. The standard InChI is InChI=1S/C14H10F3NO2/c1-20-12-8-18-7-6-11(12)13(19)9-2-4-10(5-3-9)14(15,16)17/h2-8H,1H3. The van der Waals surface area contributed by atoms with Gasteiger partial charge in [0.2, 0.25) is 0 Å². The van der Waals surface area contributed by atoms with Crippen molar-refractivity contribution in [1.82, 2.24) is 4.98 Å². The molecule has 6 heteroatoms. The van der Waals surface area contributed by atoms with E-state index >= 15 is 0 Å². The summed E-state index contributed by atoms with van der Waals surface area (Å²) in [4.78, 5) is 16.0. The summed E-state index contributed by atoms with van der Waals surface area (Å²) in [5.41, 5.74) is -0.388. The Balaban J connectivity index is 2.34. The molecule has 0 atom stereocenters. The Bertz CT molecular complexity index is 621. The summed E-state index contributed by atoms with van der Waals surface area (Å²) in [5, 5.41) is 0. The molecule has 0 aliphatic rings. The second-order valence-electron chi connectivity index (χ2n) is 3.98. The van der Waals surface area contributed by atoms with Crippen LogP contribution in [-0.2, 0) is 6.18 Å². The monoisotopic (exact) mass is 281 g/mol. The number of ether oxygens (including phenoxy) is 1. The Labute approximate surface area is 113 Å². The average molecular weight is 281 g/mol. The molecule has 0 amide bonds. The van der Waals surface area contributed by atoms with Crippen LogP contribution in [0.25, 0.3) is 0 Å². The van der Waals surface area contributed by atoms with Crippen molar-refractivity contribution >= 4 is 5.78 Å². The maximum Gasteiger partial charge on any atom is 0.416 e. The molecule has 20 heavy (non-hydrogen) atoms. The van der Waals surface area contributed by atoms with Crippen molar-refractivity contribution in [3.05, 3.63) is 59.4 Å². The normalized spacial score (nSPS) is 11.2. The Morgan fingerprint density at radius 1 is 1.15 bits per heavy atom. The first-order valence-electron chi connectivity index (χ1n) is 5.63. The number of carbonyl (C=O) groups is 1. The molecule has 104 valence electrons. The van der Waals surface area contributed by atoms with Gasteiger partial charge in [0.25, 0.3) is 0 Å². The smallest absolute Gasteiger partial charge is 0.416 e. The SMILES string of the molecule is COc1cnccc1C(=O)c1ccc(C(F)(F)F)cc1. The van der Waals surface area contributed by atoms with Crippen molar-refractivity contribution in [2.24, 2.45) is 0 Å². The molecular weight excluding hydrogens is 271 g/mol. The van der Waals surface area contributed by atoms with Gasteiger partial charge in [-0.05, 0) is 18.2 Å². The fraction of sp³-hybridized carbons (Fsp3) is 0.143. The van der Waals surface area contributed by atoms with Crippen LogP contribution in [0.5, 0.6) is 5.75 Å². The van der Waals surface area contributed by atoms with Gasteiger partial charge in [-0.25, -0.2) is 0 Å². The van der Waals surface area contributed by atoms with E-state index in [0.717, 1.165) is 24.3 Å². The highest BCUT2D eigenvalue weighted by Crippen LogP contribution is 2.29. The predicted molar refractivity (Wildman–Crippen MR) is 65.7 cm³/mol. The number of aromatic nitrogens is 1. The van der Waals surface area contributed by atoms with Gasteiger partial charge in [-0.1, -0.05) is 12.1 Å². The highest BCUT2D eigenvalue weighted by atomic mass is 19.4. The number of alkyl halides is 3. The molecule has 1 aromatic heterocycles. The lowest BCUT2D eigenvalue weighted by Gasteiger charge is -2.09. The van der Waals surface area contributed by atoms with Gasteiger partial charge in [-0.2, -0.15) is 13.2 Å². The second kappa shape index (κ2) is 5.32. The first kappa shape index (κ1) is 14.0. The summed E-state index contributed by atoms with van der Waals surface area (Å²) in [6, 6.07) is 5.50. The van der Waals surface area contributed by atoms with Crippen molar-refractivity contribution in [2.75, 3.05) is 7.11 Å². The first-order chi connectivity index (χ1) is 9.43. The van der Waals surface area contributed by atoms with Gasteiger partial charge in [0.05, 0.1) is 24.4 Å². The molecule has 0 aliphatic carbocycles. The zero-order valence-corrected chi connectivity index (χ0v) is 10.4. The number of ketones is 1. The molecule has 3 nitrogen and oxygen atoms in total. The maximum atomic E-state index is 12.4. The first-order valence-corrected chi connectivity index (χ1v) is 5.63. The molecule has 0 radical (unpaired) electrons. The molecule has 1 heterocycles. The minimum Gasteiger partial charge on any atom is -0.494 e. The van der Waals surface area contributed by atoms with Crippen LogP contribution in [0.2, 0.25) is 0 Å². The quantitative estimate of drug-likeness (QED) is 0.810. The van der Waals surface area contributed by atoms with E-state index in [1.807, 2.05) is 0 Å². The fourth-order valence-electron chi connectivity index (χ4n) is 1.70. The van der Waals surface area contributed by atoms with Gasteiger partial charge in [0, 0.05) is 11.8 Å². The topological polar surface area (TPSA) is 39.2 Å². The van der Waals surface area contributed by atoms with Crippen LogP contribution in [0.4, 0.5) is 13.2 Å². The molecule has 2 aromatic rings. The van der Waals surface area contributed by atoms with Crippen LogP contribution in [0.1, 0.15) is 21.5 Å². The number of methoxy groups -OCH3 is 1. The van der Waals surface area contributed by atoms with E-state index in [-0.39, 0.29) is 16.9 Å². The van der Waals surface area contributed by atoms with Crippen molar-refractivity contribution in [3.8, 4) is 5.75 Å². The minimum atomic E-state index is -4.42. The number of hydrogen-bond acceptors (Lipinski definition) is 3. The summed E-state index contributed by atoms with van der Waals surface area (Å²) >= 11 is 0. The number of nitrogens with zero attached hydrogens (tertiary/aromatic N) is 1. The van der Waals surface area contributed by atoms with Crippen molar-refractivity contribution in [2.45, 2.75) is 6.18 Å². The summed E-state index contributed by atoms with van der Waals surface area (Å²) in [7, 11) is 1.39. The lowest BCUT2D eigenvalue weighted by Crippen LogP contribution is -2.07. The molecule has 0 unspecified atom stereocenters. The zero-order valence-electron chi connectivity index (χ0n) is 10.4. The van der Waals surface area contributed by atoms with Crippen LogP contribution in [0.15, 0.2) is 42.7 Å². The number of rotatable bonds is 3. The Kier molecular flexibility index (Phi) is 3.74. The van der Waals surface area contributed by atoms with E-state index < -0.39 is 17.5 Å². The van der Waals surface area contributed by atoms with Gasteiger partial charge in [0.15, 0.2) is 5.78 Å². The lowest BCUT2D eigenvalue weighted by atomic mass is 10.0. The van der Waals surface area contributed by atoms with Gasteiger partial charge >= 0.3 is 6.18 Å². The number of halogens is 3. The van der Waals surface area contributed by atoms with Crippen LogP contribution in [0.3, 0.4) is 0 Å². The molecule has 2 rings (SSSR count). The number of benzene rings is 1. The Morgan fingerprint density at radius 3 is 2.35 bits per heavy atom. The van der Waals surface area contributed by atoms with Crippen molar-refractivity contribution in [3.63, 3.8) is 0 Å². The molecular formula is C14H10F3NO2. The fourth-order valence-corrected chi connectivity index (χ4v) is 1.70. The van der Waals surface area contributed by atoms with Gasteiger partial charge in [0.1, 0.15) is 5.75 Å². The average Bonchev–Trinajstić information content (AvgIpc) is 2.45. The third-order valence-electron chi connectivity index (χ3n) is 2.72. The number of carbonyl (C=O) groups excluding carboxylic acids is 1. The van der Waals surface area contributed by atoms with Crippen LogP contribution in [0, 0.1) is 0 Å². The maximum absolute atomic E-state index is 12.4. The molecule has 1 aromatic carbocycles.